The van der Waals surface area contributed by atoms with Crippen molar-refractivity contribution >= 4 is 17.6 Å². The first-order valence-corrected chi connectivity index (χ1v) is 7.09. The van der Waals surface area contributed by atoms with E-state index in [4.69, 9.17) is 22.1 Å². The van der Waals surface area contributed by atoms with Crippen LogP contribution in [-0.2, 0) is 14.4 Å². The topological polar surface area (TPSA) is 52.3 Å². The molecule has 0 saturated heterocycles. The van der Waals surface area contributed by atoms with Crippen molar-refractivity contribution in [1.82, 2.24) is 0 Å². The maximum absolute atomic E-state index is 12.9. The lowest BCUT2D eigenvalue weighted by Crippen LogP contribution is -2.27. The summed E-state index contributed by atoms with van der Waals surface area (Å²) in [5.41, 5.74) is 6.73. The van der Waals surface area contributed by atoms with Crippen molar-refractivity contribution in [3.05, 3.63) is 35.6 Å². The van der Waals surface area contributed by atoms with E-state index in [1.54, 1.807) is 19.1 Å². The van der Waals surface area contributed by atoms with Gasteiger partial charge in [0.2, 0.25) is 0 Å². The van der Waals surface area contributed by atoms with Gasteiger partial charge in [0.25, 0.3) is 0 Å². The molecule has 1 aromatic carbocycles. The molecule has 0 amide bonds. The molecule has 1 rings (SSSR count). The van der Waals surface area contributed by atoms with Crippen molar-refractivity contribution in [2.45, 2.75) is 44.0 Å². The Morgan fingerprint density at radius 2 is 2.05 bits per heavy atom. The number of alkyl halides is 1. The van der Waals surface area contributed by atoms with Crippen molar-refractivity contribution < 1.29 is 13.9 Å². The summed E-state index contributed by atoms with van der Waals surface area (Å²) >= 11 is 6.46. The molecule has 0 heterocycles. The molecular weight excluding hydrogens is 281 g/mol. The van der Waals surface area contributed by atoms with E-state index in [1.165, 1.54) is 12.1 Å². The number of halogens is 2. The molecule has 5 heteroatoms. The second-order valence-corrected chi connectivity index (χ2v) is 5.85. The second kappa shape index (κ2) is 7.60. The number of carbonyl (C=O) groups is 1. The SMILES string of the molecule is CCOC(=O)CC(N)CCC(C)(Cl)c1ccc(F)cc1. The zero-order chi connectivity index (χ0) is 15.2. The fraction of sp³-hybridized carbons (Fsp3) is 0.533. The predicted octanol–water partition coefficient (Wildman–Crippen LogP) is 3.34. The molecule has 0 bridgehead atoms. The van der Waals surface area contributed by atoms with E-state index in [9.17, 15) is 9.18 Å². The molecule has 0 fully saturated rings. The summed E-state index contributed by atoms with van der Waals surface area (Å²) in [6, 6.07) is 5.81. The number of rotatable bonds is 7. The molecule has 0 saturated carbocycles. The highest BCUT2D eigenvalue weighted by Crippen LogP contribution is 2.34. The van der Waals surface area contributed by atoms with Crippen LogP contribution in [0, 0.1) is 5.82 Å². The fourth-order valence-corrected chi connectivity index (χ4v) is 2.17. The molecule has 2 unspecified atom stereocenters. The van der Waals surface area contributed by atoms with Gasteiger partial charge in [0.1, 0.15) is 5.82 Å². The van der Waals surface area contributed by atoms with Gasteiger partial charge < -0.3 is 10.5 Å². The normalized spacial score (nSPS) is 15.4. The van der Waals surface area contributed by atoms with Gasteiger partial charge in [-0.05, 0) is 44.4 Å². The van der Waals surface area contributed by atoms with Crippen molar-refractivity contribution in [2.75, 3.05) is 6.61 Å². The monoisotopic (exact) mass is 301 g/mol. The fourth-order valence-electron chi connectivity index (χ4n) is 1.93. The van der Waals surface area contributed by atoms with Gasteiger partial charge in [-0.3, -0.25) is 4.79 Å². The van der Waals surface area contributed by atoms with Crippen molar-refractivity contribution in [2.24, 2.45) is 5.73 Å². The summed E-state index contributed by atoms with van der Waals surface area (Å²) in [6.07, 6.45) is 1.38. The van der Waals surface area contributed by atoms with E-state index in [1.807, 2.05) is 6.92 Å². The van der Waals surface area contributed by atoms with Gasteiger partial charge in [0.15, 0.2) is 0 Å². The molecule has 0 aliphatic heterocycles. The third-order valence-corrected chi connectivity index (χ3v) is 3.57. The van der Waals surface area contributed by atoms with Crippen LogP contribution >= 0.6 is 11.6 Å². The Hall–Kier alpha value is -1.13. The Morgan fingerprint density at radius 1 is 1.45 bits per heavy atom. The number of hydrogen-bond acceptors (Lipinski definition) is 3. The Morgan fingerprint density at radius 3 is 2.60 bits per heavy atom. The maximum atomic E-state index is 12.9. The Bertz CT molecular complexity index is 434. The number of esters is 1. The van der Waals surface area contributed by atoms with E-state index in [-0.39, 0.29) is 24.2 Å². The van der Waals surface area contributed by atoms with E-state index >= 15 is 0 Å². The first kappa shape index (κ1) is 16.9. The van der Waals surface area contributed by atoms with E-state index in [2.05, 4.69) is 0 Å². The van der Waals surface area contributed by atoms with Gasteiger partial charge in [-0.2, -0.15) is 0 Å². The van der Waals surface area contributed by atoms with Gasteiger partial charge in [-0.1, -0.05) is 12.1 Å². The van der Waals surface area contributed by atoms with E-state index < -0.39 is 4.87 Å². The quantitative estimate of drug-likeness (QED) is 0.621. The number of hydrogen-bond donors (Lipinski definition) is 1. The predicted molar refractivity (Wildman–Crippen MR) is 78.1 cm³/mol. The average molecular weight is 302 g/mol. The van der Waals surface area contributed by atoms with Gasteiger partial charge >= 0.3 is 5.97 Å². The molecule has 2 N–H and O–H groups in total. The highest BCUT2D eigenvalue weighted by Gasteiger charge is 2.24. The Balaban J connectivity index is 2.50. The van der Waals surface area contributed by atoms with Crippen LogP contribution in [0.5, 0.6) is 0 Å². The Labute approximate surface area is 124 Å². The number of benzene rings is 1. The summed E-state index contributed by atoms with van der Waals surface area (Å²) < 4.78 is 17.7. The molecular formula is C15H21ClFNO2. The lowest BCUT2D eigenvalue weighted by molar-refractivity contribution is -0.143. The molecule has 20 heavy (non-hydrogen) atoms. The van der Waals surface area contributed by atoms with E-state index in [0.717, 1.165) is 5.56 Å². The molecule has 0 aliphatic carbocycles. The smallest absolute Gasteiger partial charge is 0.307 e. The largest absolute Gasteiger partial charge is 0.466 e. The van der Waals surface area contributed by atoms with Crippen molar-refractivity contribution in [3.8, 4) is 0 Å². The number of carbonyl (C=O) groups excluding carboxylic acids is 1. The van der Waals surface area contributed by atoms with Crippen molar-refractivity contribution in [3.63, 3.8) is 0 Å². The first-order valence-electron chi connectivity index (χ1n) is 6.71. The summed E-state index contributed by atoms with van der Waals surface area (Å²) in [5.74, 6) is -0.585. The lowest BCUT2D eigenvalue weighted by Gasteiger charge is -2.24. The van der Waals surface area contributed by atoms with Crippen LogP contribution in [0.3, 0.4) is 0 Å². The molecule has 112 valence electrons. The van der Waals surface area contributed by atoms with Crippen LogP contribution in [0.15, 0.2) is 24.3 Å². The van der Waals surface area contributed by atoms with Crippen LogP contribution < -0.4 is 5.73 Å². The number of ether oxygens (including phenoxy) is 1. The van der Waals surface area contributed by atoms with E-state index in [0.29, 0.717) is 19.4 Å². The summed E-state index contributed by atoms with van der Waals surface area (Å²) in [6.45, 7) is 3.97. The summed E-state index contributed by atoms with van der Waals surface area (Å²) in [7, 11) is 0. The molecule has 0 radical (unpaired) electrons. The van der Waals surface area contributed by atoms with Gasteiger partial charge in [-0.15, -0.1) is 11.6 Å². The zero-order valence-electron chi connectivity index (χ0n) is 11.9. The molecule has 0 spiro atoms. The molecule has 3 nitrogen and oxygen atoms in total. The lowest BCUT2D eigenvalue weighted by atomic mass is 9.92. The van der Waals surface area contributed by atoms with Crippen LogP contribution in [0.1, 0.15) is 38.7 Å². The molecule has 1 aromatic rings. The molecule has 2 atom stereocenters. The number of nitrogens with two attached hydrogens (primary N) is 1. The standard InChI is InChI=1S/C15H21ClFNO2/c1-3-20-14(19)10-13(18)8-9-15(2,16)11-4-6-12(17)7-5-11/h4-7,13H,3,8-10,18H2,1-2H3. The van der Waals surface area contributed by atoms with Crippen LogP contribution in [0.4, 0.5) is 4.39 Å². The minimum absolute atomic E-state index is 0.185. The highest BCUT2D eigenvalue weighted by molar-refractivity contribution is 6.23. The van der Waals surface area contributed by atoms with Crippen LogP contribution in [-0.4, -0.2) is 18.6 Å². The summed E-state index contributed by atoms with van der Waals surface area (Å²) in [5, 5.41) is 0. The van der Waals surface area contributed by atoms with Crippen LogP contribution in [0.2, 0.25) is 0 Å². The molecule has 0 aromatic heterocycles. The summed E-state index contributed by atoms with van der Waals surface area (Å²) in [4.78, 5) is 10.7. The minimum atomic E-state index is -0.625. The zero-order valence-corrected chi connectivity index (χ0v) is 12.6. The third-order valence-electron chi connectivity index (χ3n) is 3.16. The average Bonchev–Trinajstić information content (AvgIpc) is 2.37. The van der Waals surface area contributed by atoms with Gasteiger partial charge in [0.05, 0.1) is 17.9 Å². The Kier molecular flexibility index (Phi) is 6.43. The second-order valence-electron chi connectivity index (χ2n) is 5.01. The van der Waals surface area contributed by atoms with Crippen LogP contribution in [0.25, 0.3) is 0 Å². The first-order chi connectivity index (χ1) is 9.35. The third kappa shape index (κ3) is 5.47. The van der Waals surface area contributed by atoms with Gasteiger partial charge in [-0.25, -0.2) is 4.39 Å². The highest BCUT2D eigenvalue weighted by atomic mass is 35.5. The molecule has 0 aliphatic rings. The maximum Gasteiger partial charge on any atom is 0.307 e. The van der Waals surface area contributed by atoms with Gasteiger partial charge in [0, 0.05) is 6.04 Å². The van der Waals surface area contributed by atoms with Crippen molar-refractivity contribution in [1.29, 1.82) is 0 Å². The minimum Gasteiger partial charge on any atom is -0.466 e.